The van der Waals surface area contributed by atoms with Gasteiger partial charge in [-0.2, -0.15) is 5.10 Å². The predicted molar refractivity (Wildman–Crippen MR) is 126 cm³/mol. The van der Waals surface area contributed by atoms with Crippen LogP contribution in [-0.4, -0.2) is 41.0 Å². The second-order valence-electron chi connectivity index (χ2n) is 6.90. The van der Waals surface area contributed by atoms with Crippen LogP contribution in [0.5, 0.6) is 5.75 Å². The van der Waals surface area contributed by atoms with E-state index in [0.29, 0.717) is 28.0 Å². The zero-order valence-corrected chi connectivity index (χ0v) is 18.7. The lowest BCUT2D eigenvalue weighted by Gasteiger charge is -2.10. The van der Waals surface area contributed by atoms with Crippen LogP contribution in [0.3, 0.4) is 0 Å². The van der Waals surface area contributed by atoms with Crippen molar-refractivity contribution in [2.24, 2.45) is 10.2 Å². The van der Waals surface area contributed by atoms with E-state index in [2.05, 4.69) is 26.2 Å². The van der Waals surface area contributed by atoms with Gasteiger partial charge in [0.1, 0.15) is 11.0 Å². The minimum absolute atomic E-state index is 0.0188. The van der Waals surface area contributed by atoms with Crippen molar-refractivity contribution in [3.8, 4) is 5.75 Å². The Kier molecular flexibility index (Phi) is 7.61. The summed E-state index contributed by atoms with van der Waals surface area (Å²) in [6, 6.07) is 14.3. The highest BCUT2D eigenvalue weighted by Gasteiger charge is 2.32. The van der Waals surface area contributed by atoms with E-state index in [4.69, 9.17) is 4.74 Å². The second kappa shape index (κ2) is 10.6. The highest BCUT2D eigenvalue weighted by molar-refractivity contribution is 8.15. The first-order chi connectivity index (χ1) is 15.4. The number of carbonyl (C=O) groups is 3. The summed E-state index contributed by atoms with van der Waals surface area (Å²) in [7, 11) is 1.52. The SMILES string of the molecule is COc1ccccc1NC(=O)CC1S/C(=N\N=C(/C)c2cccc(NC(C)=O)c2)NC1=O. The molecule has 3 amide bonds. The molecule has 1 atom stereocenters. The third-order valence-corrected chi connectivity index (χ3v) is 5.49. The minimum Gasteiger partial charge on any atom is -0.495 e. The normalized spacial score (nSPS) is 17.1. The summed E-state index contributed by atoms with van der Waals surface area (Å²) in [6.07, 6.45) is -0.0188. The number of ether oxygens (including phenoxy) is 1. The van der Waals surface area contributed by atoms with Crippen LogP contribution in [-0.2, 0) is 14.4 Å². The molecule has 32 heavy (non-hydrogen) atoms. The van der Waals surface area contributed by atoms with E-state index < -0.39 is 5.25 Å². The lowest BCUT2D eigenvalue weighted by molar-refractivity contribution is -0.122. The molecule has 9 nitrogen and oxygen atoms in total. The largest absolute Gasteiger partial charge is 0.495 e. The molecule has 1 fully saturated rings. The summed E-state index contributed by atoms with van der Waals surface area (Å²) in [5.41, 5.74) is 2.58. The lowest BCUT2D eigenvalue weighted by Crippen LogP contribution is -2.28. The number of carbonyl (C=O) groups excluding carboxylic acids is 3. The van der Waals surface area contributed by atoms with Gasteiger partial charge in [0.15, 0.2) is 5.17 Å². The molecule has 1 heterocycles. The fourth-order valence-corrected chi connectivity index (χ4v) is 3.83. The van der Waals surface area contributed by atoms with Gasteiger partial charge in [-0.1, -0.05) is 36.0 Å². The summed E-state index contributed by atoms with van der Waals surface area (Å²) in [5.74, 6) is -0.232. The molecule has 0 bridgehead atoms. The van der Waals surface area contributed by atoms with Gasteiger partial charge in [0.05, 0.1) is 18.5 Å². The van der Waals surface area contributed by atoms with Crippen LogP contribution in [0.2, 0.25) is 0 Å². The number of nitrogens with zero attached hydrogens (tertiary/aromatic N) is 2. The Morgan fingerprint density at radius 3 is 2.66 bits per heavy atom. The monoisotopic (exact) mass is 453 g/mol. The van der Waals surface area contributed by atoms with E-state index in [0.717, 1.165) is 17.3 Å². The van der Waals surface area contributed by atoms with Crippen LogP contribution in [0.1, 0.15) is 25.8 Å². The number of thioether (sulfide) groups is 1. The third kappa shape index (κ3) is 6.17. The Balaban J connectivity index is 1.62. The molecule has 10 heteroatoms. The van der Waals surface area contributed by atoms with Crippen molar-refractivity contribution in [2.45, 2.75) is 25.5 Å². The zero-order valence-electron chi connectivity index (χ0n) is 17.8. The van der Waals surface area contributed by atoms with Crippen molar-refractivity contribution >= 4 is 51.7 Å². The first-order valence-electron chi connectivity index (χ1n) is 9.76. The fourth-order valence-electron chi connectivity index (χ4n) is 2.91. The highest BCUT2D eigenvalue weighted by Crippen LogP contribution is 2.26. The first-order valence-corrected chi connectivity index (χ1v) is 10.6. The van der Waals surface area contributed by atoms with Crippen LogP contribution in [0, 0.1) is 0 Å². The standard InChI is InChI=1S/C22H23N5O4S/c1-13(15-7-6-8-16(11-15)23-14(2)28)26-27-22-25-21(30)19(32-22)12-20(29)24-17-9-4-5-10-18(17)31-3/h4-11,19H,12H2,1-3H3,(H,23,28)(H,24,29)(H,25,27,30)/b26-13+. The number of methoxy groups -OCH3 is 1. The predicted octanol–water partition coefficient (Wildman–Crippen LogP) is 2.99. The Labute approximate surface area is 189 Å². The Morgan fingerprint density at radius 1 is 1.12 bits per heavy atom. The third-order valence-electron chi connectivity index (χ3n) is 4.42. The summed E-state index contributed by atoms with van der Waals surface area (Å²) in [6.45, 7) is 3.21. The molecule has 3 rings (SSSR count). The number of amidine groups is 1. The number of amides is 3. The van der Waals surface area contributed by atoms with Crippen molar-refractivity contribution in [3.05, 3.63) is 54.1 Å². The number of para-hydroxylation sites is 2. The second-order valence-corrected chi connectivity index (χ2v) is 8.09. The van der Waals surface area contributed by atoms with Gasteiger partial charge < -0.3 is 20.7 Å². The molecule has 0 radical (unpaired) electrons. The summed E-state index contributed by atoms with van der Waals surface area (Å²) < 4.78 is 5.22. The Hall–Kier alpha value is -3.66. The minimum atomic E-state index is -0.609. The summed E-state index contributed by atoms with van der Waals surface area (Å²) in [5, 5.41) is 16.1. The molecule has 166 valence electrons. The molecular formula is C22H23N5O4S. The van der Waals surface area contributed by atoms with Gasteiger partial charge in [0.25, 0.3) is 0 Å². The van der Waals surface area contributed by atoms with E-state index in [1.54, 1.807) is 49.4 Å². The molecule has 0 saturated carbocycles. The van der Waals surface area contributed by atoms with Crippen LogP contribution in [0.4, 0.5) is 11.4 Å². The van der Waals surface area contributed by atoms with Gasteiger partial charge in [0.2, 0.25) is 17.7 Å². The van der Waals surface area contributed by atoms with Gasteiger partial charge in [0, 0.05) is 19.0 Å². The van der Waals surface area contributed by atoms with E-state index in [-0.39, 0.29) is 24.1 Å². The average molecular weight is 454 g/mol. The first kappa shape index (κ1) is 23.0. The van der Waals surface area contributed by atoms with Crippen LogP contribution in [0.25, 0.3) is 0 Å². The van der Waals surface area contributed by atoms with Crippen molar-refractivity contribution in [1.29, 1.82) is 0 Å². The van der Waals surface area contributed by atoms with Crippen LogP contribution in [0.15, 0.2) is 58.7 Å². The Morgan fingerprint density at radius 2 is 1.91 bits per heavy atom. The van der Waals surface area contributed by atoms with E-state index in [9.17, 15) is 14.4 Å². The zero-order chi connectivity index (χ0) is 23.1. The maximum absolute atomic E-state index is 12.4. The molecule has 0 aromatic heterocycles. The molecule has 1 unspecified atom stereocenters. The van der Waals surface area contributed by atoms with Gasteiger partial charge in [-0.25, -0.2) is 0 Å². The topological polar surface area (TPSA) is 121 Å². The number of hydrogen-bond acceptors (Lipinski definition) is 7. The molecule has 2 aromatic carbocycles. The summed E-state index contributed by atoms with van der Waals surface area (Å²) >= 11 is 1.15. The molecule has 0 spiro atoms. The molecule has 1 aliphatic rings. The average Bonchev–Trinajstić information content (AvgIpc) is 3.11. The number of benzene rings is 2. The Bertz CT molecular complexity index is 1100. The number of rotatable bonds is 7. The molecular weight excluding hydrogens is 430 g/mol. The smallest absolute Gasteiger partial charge is 0.240 e. The maximum Gasteiger partial charge on any atom is 0.240 e. The number of anilines is 2. The molecule has 1 aliphatic heterocycles. The lowest BCUT2D eigenvalue weighted by atomic mass is 10.1. The van der Waals surface area contributed by atoms with E-state index >= 15 is 0 Å². The van der Waals surface area contributed by atoms with Crippen molar-refractivity contribution in [3.63, 3.8) is 0 Å². The quantitative estimate of drug-likeness (QED) is 0.440. The van der Waals surface area contributed by atoms with Crippen molar-refractivity contribution < 1.29 is 19.1 Å². The molecule has 3 N–H and O–H groups in total. The van der Waals surface area contributed by atoms with E-state index in [1.807, 2.05) is 6.07 Å². The van der Waals surface area contributed by atoms with Crippen molar-refractivity contribution in [1.82, 2.24) is 5.32 Å². The van der Waals surface area contributed by atoms with Gasteiger partial charge in [-0.15, -0.1) is 5.10 Å². The maximum atomic E-state index is 12.4. The van der Waals surface area contributed by atoms with Crippen LogP contribution < -0.4 is 20.7 Å². The van der Waals surface area contributed by atoms with Crippen LogP contribution >= 0.6 is 11.8 Å². The van der Waals surface area contributed by atoms with E-state index in [1.165, 1.54) is 14.0 Å². The highest BCUT2D eigenvalue weighted by atomic mass is 32.2. The van der Waals surface area contributed by atoms with Gasteiger partial charge >= 0.3 is 0 Å². The summed E-state index contributed by atoms with van der Waals surface area (Å²) in [4.78, 5) is 35.9. The molecule has 2 aromatic rings. The number of nitrogens with one attached hydrogen (secondary N) is 3. The molecule has 1 saturated heterocycles. The van der Waals surface area contributed by atoms with Gasteiger partial charge in [-0.05, 0) is 36.8 Å². The number of hydrogen-bond donors (Lipinski definition) is 3. The molecule has 0 aliphatic carbocycles. The fraction of sp³-hybridized carbons (Fsp3) is 0.227. The van der Waals surface area contributed by atoms with Gasteiger partial charge in [-0.3, -0.25) is 14.4 Å². The van der Waals surface area contributed by atoms with Crippen molar-refractivity contribution in [2.75, 3.05) is 17.7 Å².